The quantitative estimate of drug-likeness (QED) is 0.861. The third-order valence-corrected chi connectivity index (χ3v) is 3.64. The number of rotatable bonds is 3. The van der Waals surface area contributed by atoms with E-state index in [1.807, 2.05) is 11.0 Å². The molecule has 0 radical (unpaired) electrons. The molecule has 0 bridgehead atoms. The summed E-state index contributed by atoms with van der Waals surface area (Å²) in [6, 6.07) is 6.21. The van der Waals surface area contributed by atoms with Crippen molar-refractivity contribution in [3.8, 4) is 0 Å². The summed E-state index contributed by atoms with van der Waals surface area (Å²) in [5.74, 6) is 0.164. The maximum Gasteiger partial charge on any atom is 0.224 e. The van der Waals surface area contributed by atoms with E-state index < -0.39 is 0 Å². The number of hydrogen-bond donors (Lipinski definition) is 1. The largest absolute Gasteiger partial charge is 0.341 e. The lowest BCUT2D eigenvalue weighted by Gasteiger charge is -2.15. The molecule has 1 fully saturated rings. The number of benzene rings is 1. The maximum atomic E-state index is 11.6. The Bertz CT molecular complexity index is 580. The van der Waals surface area contributed by atoms with Crippen molar-refractivity contribution in [3.63, 3.8) is 0 Å². The number of carbonyl (C=O) groups excluding carboxylic acids is 1. The van der Waals surface area contributed by atoms with Gasteiger partial charge in [0.1, 0.15) is 0 Å². The standard InChI is InChI=1S/C13H14ClN3O/c14-11-6-13(18)17(8-11)4-3-9-1-2-10-7-15-16-12(10)5-9/h1-2,5,7,11H,3-4,6,8H2,(H,15,16). The van der Waals surface area contributed by atoms with Crippen LogP contribution in [0.2, 0.25) is 0 Å². The van der Waals surface area contributed by atoms with Crippen molar-refractivity contribution in [1.82, 2.24) is 15.1 Å². The maximum absolute atomic E-state index is 11.6. The molecule has 1 aliphatic rings. The van der Waals surface area contributed by atoms with Crippen LogP contribution in [0.3, 0.4) is 0 Å². The summed E-state index contributed by atoms with van der Waals surface area (Å²) in [7, 11) is 0. The highest BCUT2D eigenvalue weighted by molar-refractivity contribution is 6.22. The average Bonchev–Trinajstić information content (AvgIpc) is 2.92. The first kappa shape index (κ1) is 11.5. The van der Waals surface area contributed by atoms with Crippen molar-refractivity contribution in [3.05, 3.63) is 30.0 Å². The van der Waals surface area contributed by atoms with E-state index in [1.54, 1.807) is 6.20 Å². The van der Waals surface area contributed by atoms with Crippen LogP contribution in [0.4, 0.5) is 0 Å². The average molecular weight is 264 g/mol. The predicted molar refractivity (Wildman–Crippen MR) is 70.6 cm³/mol. The third-order valence-electron chi connectivity index (χ3n) is 3.34. The van der Waals surface area contributed by atoms with Gasteiger partial charge >= 0.3 is 0 Å². The van der Waals surface area contributed by atoms with E-state index in [4.69, 9.17) is 11.6 Å². The number of halogens is 1. The molecule has 1 amide bonds. The van der Waals surface area contributed by atoms with Gasteiger partial charge in [-0.05, 0) is 18.1 Å². The van der Waals surface area contributed by atoms with Crippen molar-refractivity contribution in [2.75, 3.05) is 13.1 Å². The highest BCUT2D eigenvalue weighted by Crippen LogP contribution is 2.18. The Morgan fingerprint density at radius 3 is 3.17 bits per heavy atom. The molecule has 0 aliphatic carbocycles. The molecule has 1 atom stereocenters. The van der Waals surface area contributed by atoms with Crippen LogP contribution in [0, 0.1) is 0 Å². The number of carbonyl (C=O) groups is 1. The smallest absolute Gasteiger partial charge is 0.224 e. The van der Waals surface area contributed by atoms with Gasteiger partial charge in [-0.25, -0.2) is 0 Å². The molecule has 94 valence electrons. The SMILES string of the molecule is O=C1CC(Cl)CN1CCc1ccc2cn[nH]c2c1. The van der Waals surface area contributed by atoms with Gasteiger partial charge in [-0.15, -0.1) is 11.6 Å². The molecule has 0 spiro atoms. The van der Waals surface area contributed by atoms with E-state index in [2.05, 4.69) is 22.3 Å². The second-order valence-corrected chi connectivity index (χ2v) is 5.30. The minimum absolute atomic E-state index is 0.0208. The zero-order valence-corrected chi connectivity index (χ0v) is 10.7. The van der Waals surface area contributed by atoms with Gasteiger partial charge in [-0.1, -0.05) is 12.1 Å². The highest BCUT2D eigenvalue weighted by atomic mass is 35.5. The summed E-state index contributed by atoms with van der Waals surface area (Å²) in [4.78, 5) is 13.4. The molecule has 1 aliphatic heterocycles. The number of nitrogens with one attached hydrogen (secondary N) is 1. The zero-order chi connectivity index (χ0) is 12.5. The van der Waals surface area contributed by atoms with Gasteiger partial charge in [0, 0.05) is 24.9 Å². The van der Waals surface area contributed by atoms with Gasteiger partial charge in [-0.3, -0.25) is 9.89 Å². The minimum Gasteiger partial charge on any atom is -0.341 e. The molecule has 0 saturated carbocycles. The normalized spacial score (nSPS) is 19.9. The molecule has 3 rings (SSSR count). The zero-order valence-electron chi connectivity index (χ0n) is 9.90. The molecule has 1 aromatic carbocycles. The Kier molecular flexibility index (Phi) is 2.96. The molecule has 1 unspecified atom stereocenters. The lowest BCUT2D eigenvalue weighted by molar-refractivity contribution is -0.127. The number of nitrogens with zero attached hydrogens (tertiary/aromatic N) is 2. The van der Waals surface area contributed by atoms with E-state index in [0.29, 0.717) is 13.0 Å². The fourth-order valence-corrected chi connectivity index (χ4v) is 2.64. The second-order valence-electron chi connectivity index (χ2n) is 4.68. The molecular weight excluding hydrogens is 250 g/mol. The van der Waals surface area contributed by atoms with Gasteiger partial charge in [0.2, 0.25) is 5.91 Å². The first-order chi connectivity index (χ1) is 8.72. The van der Waals surface area contributed by atoms with Crippen LogP contribution in [0.1, 0.15) is 12.0 Å². The molecule has 4 nitrogen and oxygen atoms in total. The van der Waals surface area contributed by atoms with Crippen molar-refractivity contribution < 1.29 is 4.79 Å². The predicted octanol–water partition coefficient (Wildman–Crippen LogP) is 1.95. The number of hydrogen-bond acceptors (Lipinski definition) is 2. The van der Waals surface area contributed by atoms with Gasteiger partial charge in [0.05, 0.1) is 17.1 Å². The number of aromatic nitrogens is 2. The van der Waals surface area contributed by atoms with Gasteiger partial charge < -0.3 is 4.90 Å². The Balaban J connectivity index is 1.67. The summed E-state index contributed by atoms with van der Waals surface area (Å²) in [5, 5.41) is 8.03. The number of alkyl halides is 1. The fraction of sp³-hybridized carbons (Fsp3) is 0.385. The van der Waals surface area contributed by atoms with Crippen LogP contribution in [0.5, 0.6) is 0 Å². The number of fused-ring (bicyclic) bond motifs is 1. The molecular formula is C13H14ClN3O. The summed E-state index contributed by atoms with van der Waals surface area (Å²) in [6.45, 7) is 1.41. The van der Waals surface area contributed by atoms with E-state index in [0.717, 1.165) is 23.9 Å². The van der Waals surface area contributed by atoms with E-state index in [-0.39, 0.29) is 11.3 Å². The fourth-order valence-electron chi connectivity index (χ4n) is 2.34. The van der Waals surface area contributed by atoms with Gasteiger partial charge in [0.25, 0.3) is 0 Å². The number of aromatic amines is 1. The van der Waals surface area contributed by atoms with Crippen LogP contribution >= 0.6 is 11.6 Å². The second kappa shape index (κ2) is 4.61. The van der Waals surface area contributed by atoms with Crippen molar-refractivity contribution in [2.45, 2.75) is 18.2 Å². The van der Waals surface area contributed by atoms with Crippen LogP contribution in [0.15, 0.2) is 24.4 Å². The minimum atomic E-state index is -0.0208. The summed E-state index contributed by atoms with van der Waals surface area (Å²) >= 11 is 5.97. The molecule has 1 saturated heterocycles. The van der Waals surface area contributed by atoms with Crippen molar-refractivity contribution >= 4 is 28.4 Å². The van der Waals surface area contributed by atoms with Gasteiger partial charge in [0.15, 0.2) is 0 Å². The first-order valence-corrected chi connectivity index (χ1v) is 6.50. The first-order valence-electron chi connectivity index (χ1n) is 6.06. The third kappa shape index (κ3) is 2.20. The van der Waals surface area contributed by atoms with Crippen LogP contribution in [0.25, 0.3) is 10.9 Å². The highest BCUT2D eigenvalue weighted by Gasteiger charge is 2.27. The molecule has 2 aromatic rings. The molecule has 5 heteroatoms. The lowest BCUT2D eigenvalue weighted by atomic mass is 10.1. The lowest BCUT2D eigenvalue weighted by Crippen LogP contribution is -2.27. The Labute approximate surface area is 110 Å². The van der Waals surface area contributed by atoms with Crippen molar-refractivity contribution in [1.29, 1.82) is 0 Å². The van der Waals surface area contributed by atoms with E-state index >= 15 is 0 Å². The number of H-pyrrole nitrogens is 1. The van der Waals surface area contributed by atoms with Crippen LogP contribution in [-0.4, -0.2) is 39.5 Å². The Hall–Kier alpha value is -1.55. The molecule has 1 aromatic heterocycles. The summed E-state index contributed by atoms with van der Waals surface area (Å²) < 4.78 is 0. The Morgan fingerprint density at radius 1 is 1.50 bits per heavy atom. The molecule has 1 N–H and O–H groups in total. The number of likely N-dealkylation sites (tertiary alicyclic amines) is 1. The Morgan fingerprint density at radius 2 is 2.39 bits per heavy atom. The van der Waals surface area contributed by atoms with Crippen LogP contribution in [-0.2, 0) is 11.2 Å². The number of amides is 1. The van der Waals surface area contributed by atoms with Crippen LogP contribution < -0.4 is 0 Å². The summed E-state index contributed by atoms with van der Waals surface area (Å²) in [5.41, 5.74) is 2.24. The van der Waals surface area contributed by atoms with Crippen molar-refractivity contribution in [2.24, 2.45) is 0 Å². The van der Waals surface area contributed by atoms with E-state index in [1.165, 1.54) is 5.56 Å². The van der Waals surface area contributed by atoms with E-state index in [9.17, 15) is 4.79 Å². The molecule has 18 heavy (non-hydrogen) atoms. The topological polar surface area (TPSA) is 49.0 Å². The monoisotopic (exact) mass is 263 g/mol. The summed E-state index contributed by atoms with van der Waals surface area (Å²) in [6.07, 6.45) is 3.13. The molecule has 2 heterocycles. The van der Waals surface area contributed by atoms with Gasteiger partial charge in [-0.2, -0.15) is 5.10 Å².